The van der Waals surface area contributed by atoms with Crippen LogP contribution >= 0.6 is 0 Å². The molecule has 1 fully saturated rings. The predicted molar refractivity (Wildman–Crippen MR) is 106 cm³/mol. The predicted octanol–water partition coefficient (Wildman–Crippen LogP) is 4.68. The van der Waals surface area contributed by atoms with Crippen LogP contribution in [0.2, 0.25) is 0 Å². The molecule has 5 nitrogen and oxygen atoms in total. The first-order valence-electron chi connectivity index (χ1n) is 9.48. The van der Waals surface area contributed by atoms with E-state index >= 15 is 0 Å². The Hall–Kier alpha value is -2.92. The van der Waals surface area contributed by atoms with Gasteiger partial charge in [0.1, 0.15) is 0 Å². The van der Waals surface area contributed by atoms with Crippen LogP contribution in [0.3, 0.4) is 0 Å². The van der Waals surface area contributed by atoms with Crippen molar-refractivity contribution in [3.8, 4) is 0 Å². The number of hydrogen-bond acceptors (Lipinski definition) is 5. The van der Waals surface area contributed by atoms with E-state index in [2.05, 4.69) is 6.58 Å². The van der Waals surface area contributed by atoms with E-state index < -0.39 is 23.7 Å². The average molecular weight is 379 g/mol. The topological polar surface area (TPSA) is 55.8 Å². The van der Waals surface area contributed by atoms with Crippen LogP contribution in [0, 0.1) is 5.92 Å². The largest absolute Gasteiger partial charge is 0.437 e. The Kier molecular flexibility index (Phi) is 5.95. The monoisotopic (exact) mass is 379 g/mol. The fourth-order valence-electron chi connectivity index (χ4n) is 3.57. The van der Waals surface area contributed by atoms with Crippen LogP contribution in [-0.4, -0.2) is 22.5 Å². The maximum atomic E-state index is 13.1. The normalized spacial score (nSPS) is 23.1. The number of carbonyl (C=O) groups excluding carboxylic acids is 2. The summed E-state index contributed by atoms with van der Waals surface area (Å²) in [4.78, 5) is 31.8. The third-order valence-electron chi connectivity index (χ3n) is 5.34. The highest BCUT2D eigenvalue weighted by atomic mass is 16.8. The van der Waals surface area contributed by atoms with E-state index in [0.29, 0.717) is 18.4 Å². The van der Waals surface area contributed by atoms with E-state index in [4.69, 9.17) is 9.57 Å². The highest BCUT2D eigenvalue weighted by Crippen LogP contribution is 2.46. The molecule has 3 atom stereocenters. The number of ether oxygens (including phenoxy) is 1. The zero-order chi connectivity index (χ0) is 20.1. The summed E-state index contributed by atoms with van der Waals surface area (Å²) < 4.78 is 5.75. The molecule has 0 aliphatic carbocycles. The second kappa shape index (κ2) is 8.40. The quantitative estimate of drug-likeness (QED) is 0.517. The van der Waals surface area contributed by atoms with Gasteiger partial charge in [0.05, 0.1) is 5.56 Å². The molecule has 5 heteroatoms. The van der Waals surface area contributed by atoms with E-state index in [0.717, 1.165) is 5.56 Å². The number of nitrogens with zero attached hydrogens (tertiary/aromatic N) is 1. The van der Waals surface area contributed by atoms with Crippen molar-refractivity contribution in [2.45, 2.75) is 38.5 Å². The van der Waals surface area contributed by atoms with Crippen molar-refractivity contribution < 1.29 is 19.2 Å². The van der Waals surface area contributed by atoms with Gasteiger partial charge < -0.3 is 9.57 Å². The second-order valence-electron chi connectivity index (χ2n) is 6.97. The van der Waals surface area contributed by atoms with E-state index in [1.54, 1.807) is 30.3 Å². The lowest BCUT2D eigenvalue weighted by Gasteiger charge is -2.37. The summed E-state index contributed by atoms with van der Waals surface area (Å²) in [6.45, 7) is 7.77. The summed E-state index contributed by atoms with van der Waals surface area (Å²) in [7, 11) is 0. The lowest BCUT2D eigenvalue weighted by atomic mass is 9.80. The van der Waals surface area contributed by atoms with Crippen molar-refractivity contribution in [2.24, 2.45) is 5.92 Å². The fraction of sp³-hybridized carbons (Fsp3) is 0.304. The summed E-state index contributed by atoms with van der Waals surface area (Å²) in [6, 6.07) is 18.0. The first-order chi connectivity index (χ1) is 13.5. The molecule has 0 bridgehead atoms. The third kappa shape index (κ3) is 3.45. The van der Waals surface area contributed by atoms with E-state index in [9.17, 15) is 9.59 Å². The van der Waals surface area contributed by atoms with Crippen molar-refractivity contribution in [3.63, 3.8) is 0 Å². The second-order valence-corrected chi connectivity index (χ2v) is 6.97. The zero-order valence-electron chi connectivity index (χ0n) is 16.2. The van der Waals surface area contributed by atoms with Crippen molar-refractivity contribution in [2.75, 3.05) is 0 Å². The molecular formula is C23H25NO4. The molecule has 0 N–H and O–H groups in total. The third-order valence-corrected chi connectivity index (χ3v) is 5.34. The van der Waals surface area contributed by atoms with E-state index in [1.165, 1.54) is 5.06 Å². The first-order valence-corrected chi connectivity index (χ1v) is 9.48. The molecule has 1 aliphatic rings. The number of hydrogen-bond donors (Lipinski definition) is 0. The van der Waals surface area contributed by atoms with Gasteiger partial charge in [-0.2, -0.15) is 0 Å². The van der Waals surface area contributed by atoms with Gasteiger partial charge in [-0.1, -0.05) is 79.9 Å². The van der Waals surface area contributed by atoms with Crippen LogP contribution in [0.4, 0.5) is 0 Å². The molecule has 1 aliphatic heterocycles. The van der Waals surface area contributed by atoms with Crippen LogP contribution in [0.25, 0.3) is 0 Å². The number of hydroxylamine groups is 2. The number of carbonyl (C=O) groups is 2. The first kappa shape index (κ1) is 19.8. The van der Waals surface area contributed by atoms with Crippen molar-refractivity contribution in [1.82, 2.24) is 5.06 Å². The van der Waals surface area contributed by atoms with Crippen LogP contribution in [0.15, 0.2) is 73.3 Å². The van der Waals surface area contributed by atoms with Crippen molar-refractivity contribution in [3.05, 3.63) is 84.4 Å². The molecule has 0 amide bonds. The van der Waals surface area contributed by atoms with Crippen LogP contribution in [0.1, 0.15) is 48.8 Å². The zero-order valence-corrected chi connectivity index (χ0v) is 16.2. The lowest BCUT2D eigenvalue weighted by Crippen LogP contribution is -2.54. The average Bonchev–Trinajstić information content (AvgIpc) is 3.01. The van der Waals surface area contributed by atoms with Crippen LogP contribution in [-0.2, 0) is 14.4 Å². The number of esters is 1. The minimum atomic E-state index is -1.12. The van der Waals surface area contributed by atoms with Gasteiger partial charge in [0.2, 0.25) is 6.23 Å². The molecule has 2 aromatic carbocycles. The van der Waals surface area contributed by atoms with Gasteiger partial charge in [0, 0.05) is 5.56 Å². The highest BCUT2D eigenvalue weighted by Gasteiger charge is 2.60. The SMILES string of the molecule is C=CCC1(C(C)CC)C(=O)OC(c2ccccc2)N1OC(=O)c1ccccc1. The molecule has 146 valence electrons. The minimum absolute atomic E-state index is 0.115. The van der Waals surface area contributed by atoms with Crippen LogP contribution in [0.5, 0.6) is 0 Å². The molecule has 1 saturated heterocycles. The number of benzene rings is 2. The maximum absolute atomic E-state index is 13.1. The summed E-state index contributed by atoms with van der Waals surface area (Å²) in [5.74, 6) is -1.05. The molecule has 3 rings (SSSR count). The Bertz CT molecular complexity index is 836. The molecule has 2 aromatic rings. The maximum Gasteiger partial charge on any atom is 0.357 e. The van der Waals surface area contributed by atoms with Gasteiger partial charge in [0.25, 0.3) is 0 Å². The van der Waals surface area contributed by atoms with Crippen LogP contribution < -0.4 is 0 Å². The molecule has 3 unspecified atom stereocenters. The summed E-state index contributed by atoms with van der Waals surface area (Å²) in [6.07, 6.45) is 1.88. The molecule has 0 spiro atoms. The van der Waals surface area contributed by atoms with Gasteiger partial charge in [-0.05, 0) is 24.5 Å². The summed E-state index contributed by atoms with van der Waals surface area (Å²) in [5.41, 5.74) is 0.0258. The Labute approximate surface area is 165 Å². The smallest absolute Gasteiger partial charge is 0.357 e. The Morgan fingerprint density at radius 3 is 2.39 bits per heavy atom. The Morgan fingerprint density at radius 2 is 1.82 bits per heavy atom. The minimum Gasteiger partial charge on any atom is -0.437 e. The van der Waals surface area contributed by atoms with Crippen molar-refractivity contribution in [1.29, 1.82) is 0 Å². The molecule has 1 heterocycles. The number of cyclic esters (lactones) is 1. The highest BCUT2D eigenvalue weighted by molar-refractivity contribution is 5.90. The van der Waals surface area contributed by atoms with Gasteiger partial charge in [-0.3, -0.25) is 0 Å². The Morgan fingerprint density at radius 1 is 1.21 bits per heavy atom. The van der Waals surface area contributed by atoms with Gasteiger partial charge in [-0.25, -0.2) is 9.59 Å². The molecule has 28 heavy (non-hydrogen) atoms. The Balaban J connectivity index is 2.05. The lowest BCUT2D eigenvalue weighted by molar-refractivity contribution is -0.212. The van der Waals surface area contributed by atoms with Gasteiger partial charge in [-0.15, -0.1) is 6.58 Å². The fourth-order valence-corrected chi connectivity index (χ4v) is 3.57. The molecular weight excluding hydrogens is 354 g/mol. The standard InChI is InChI=1S/C23H25NO4/c1-4-16-23(17(3)5-2)22(26)27-20(18-12-8-6-9-13-18)24(23)28-21(25)19-14-10-7-11-15-19/h4,6-15,17,20H,1,5,16H2,2-3H3. The number of rotatable bonds is 7. The van der Waals surface area contributed by atoms with E-state index in [1.807, 2.05) is 50.2 Å². The molecule has 0 aromatic heterocycles. The summed E-state index contributed by atoms with van der Waals surface area (Å²) >= 11 is 0. The van der Waals surface area contributed by atoms with Gasteiger partial charge >= 0.3 is 11.9 Å². The van der Waals surface area contributed by atoms with Gasteiger partial charge in [0.15, 0.2) is 5.54 Å². The summed E-state index contributed by atoms with van der Waals surface area (Å²) in [5, 5.41) is 1.44. The van der Waals surface area contributed by atoms with E-state index in [-0.39, 0.29) is 5.92 Å². The van der Waals surface area contributed by atoms with Crippen molar-refractivity contribution >= 4 is 11.9 Å². The molecule has 0 saturated carbocycles. The molecule has 0 radical (unpaired) electrons.